The van der Waals surface area contributed by atoms with Gasteiger partial charge in [-0.25, -0.2) is 13.4 Å². The summed E-state index contributed by atoms with van der Waals surface area (Å²) in [7, 11) is -1.24. The number of carbonyl (C=O) groups is 1. The van der Waals surface area contributed by atoms with E-state index in [1.54, 1.807) is 14.0 Å². The number of hydrogen-bond acceptors (Lipinski definition) is 5. The highest BCUT2D eigenvalue weighted by Gasteiger charge is 2.30. The number of rotatable bonds is 4. The fourth-order valence-corrected chi connectivity index (χ4v) is 4.06. The van der Waals surface area contributed by atoms with Gasteiger partial charge >= 0.3 is 0 Å². The molecule has 1 atom stereocenters. The normalized spacial score (nSPS) is 21.5. The van der Waals surface area contributed by atoms with Gasteiger partial charge in [-0.15, -0.1) is 0 Å². The van der Waals surface area contributed by atoms with Gasteiger partial charge in [0.1, 0.15) is 5.82 Å². The van der Waals surface area contributed by atoms with Gasteiger partial charge in [-0.3, -0.25) is 9.89 Å². The van der Waals surface area contributed by atoms with E-state index in [9.17, 15) is 13.2 Å². The Labute approximate surface area is 112 Å². The molecule has 106 valence electrons. The number of H-pyrrole nitrogens is 1. The summed E-state index contributed by atoms with van der Waals surface area (Å²) < 4.78 is 22.7. The minimum atomic E-state index is -2.92. The van der Waals surface area contributed by atoms with Crippen molar-refractivity contribution in [2.75, 3.05) is 18.6 Å². The zero-order valence-electron chi connectivity index (χ0n) is 11.1. The first-order valence-corrected chi connectivity index (χ1v) is 8.00. The molecular formula is C11H18N4O3S. The van der Waals surface area contributed by atoms with E-state index in [-0.39, 0.29) is 29.8 Å². The molecule has 1 aromatic rings. The smallest absolute Gasteiger partial charge is 0.223 e. The highest BCUT2D eigenvalue weighted by molar-refractivity contribution is 7.91. The molecule has 1 N–H and O–H groups in total. The topological polar surface area (TPSA) is 96.0 Å². The first kappa shape index (κ1) is 14.0. The van der Waals surface area contributed by atoms with Crippen molar-refractivity contribution in [2.24, 2.45) is 5.92 Å². The standard InChI is InChI=1S/C11H18N4O3S/c1-8-12-10(14-13-8)6-15(2)11(16)5-9-3-4-19(17,18)7-9/h9H,3-7H2,1-2H3,(H,12,13,14). The second-order valence-corrected chi connectivity index (χ2v) is 7.29. The molecule has 8 heteroatoms. The van der Waals surface area contributed by atoms with Crippen LogP contribution < -0.4 is 0 Å². The number of aryl methyl sites for hydroxylation is 1. The molecule has 0 bridgehead atoms. The van der Waals surface area contributed by atoms with E-state index in [0.717, 1.165) is 0 Å². The second kappa shape index (κ2) is 5.28. The Balaban J connectivity index is 1.86. The monoisotopic (exact) mass is 286 g/mol. The average Bonchev–Trinajstić information content (AvgIpc) is 2.85. The highest BCUT2D eigenvalue weighted by Crippen LogP contribution is 2.22. The van der Waals surface area contributed by atoms with Crippen molar-refractivity contribution >= 4 is 15.7 Å². The molecule has 1 amide bonds. The Kier molecular flexibility index (Phi) is 3.88. The molecule has 2 heterocycles. The van der Waals surface area contributed by atoms with Crippen LogP contribution in [0.5, 0.6) is 0 Å². The van der Waals surface area contributed by atoms with Crippen LogP contribution in [-0.2, 0) is 21.2 Å². The van der Waals surface area contributed by atoms with E-state index in [0.29, 0.717) is 24.6 Å². The molecule has 0 radical (unpaired) electrons. The van der Waals surface area contributed by atoms with Gasteiger partial charge < -0.3 is 4.90 Å². The van der Waals surface area contributed by atoms with E-state index in [1.807, 2.05) is 0 Å². The Hall–Kier alpha value is -1.44. The Morgan fingerprint density at radius 3 is 2.79 bits per heavy atom. The van der Waals surface area contributed by atoms with Crippen molar-refractivity contribution in [3.63, 3.8) is 0 Å². The van der Waals surface area contributed by atoms with Gasteiger partial charge in [-0.2, -0.15) is 5.10 Å². The van der Waals surface area contributed by atoms with Gasteiger partial charge in [-0.1, -0.05) is 0 Å². The molecule has 2 rings (SSSR count). The predicted molar refractivity (Wildman–Crippen MR) is 69.0 cm³/mol. The van der Waals surface area contributed by atoms with Crippen LogP contribution in [0, 0.1) is 12.8 Å². The molecule has 0 saturated carbocycles. The summed E-state index contributed by atoms with van der Waals surface area (Å²) in [6.07, 6.45) is 0.862. The van der Waals surface area contributed by atoms with Crippen LogP contribution in [0.1, 0.15) is 24.5 Å². The fourth-order valence-electron chi connectivity index (χ4n) is 2.20. The summed E-state index contributed by atoms with van der Waals surface area (Å²) in [6.45, 7) is 2.13. The van der Waals surface area contributed by atoms with E-state index in [2.05, 4.69) is 15.2 Å². The molecule has 0 aromatic carbocycles. The van der Waals surface area contributed by atoms with Crippen LogP contribution in [-0.4, -0.2) is 53.0 Å². The Morgan fingerprint density at radius 1 is 1.53 bits per heavy atom. The van der Waals surface area contributed by atoms with Crippen LogP contribution in [0.2, 0.25) is 0 Å². The summed E-state index contributed by atoms with van der Waals surface area (Å²) >= 11 is 0. The minimum Gasteiger partial charge on any atom is -0.338 e. The lowest BCUT2D eigenvalue weighted by molar-refractivity contribution is -0.131. The third-order valence-electron chi connectivity index (χ3n) is 3.24. The molecule has 1 unspecified atom stereocenters. The lowest BCUT2D eigenvalue weighted by Crippen LogP contribution is -2.28. The van der Waals surface area contributed by atoms with Gasteiger partial charge in [0.15, 0.2) is 15.7 Å². The van der Waals surface area contributed by atoms with Gasteiger partial charge in [0.2, 0.25) is 5.91 Å². The SMILES string of the molecule is Cc1nc(CN(C)C(=O)CC2CCS(=O)(=O)C2)n[nH]1. The lowest BCUT2D eigenvalue weighted by Gasteiger charge is -2.17. The maximum Gasteiger partial charge on any atom is 0.223 e. The van der Waals surface area contributed by atoms with Crippen LogP contribution in [0.4, 0.5) is 0 Å². The lowest BCUT2D eigenvalue weighted by atomic mass is 10.0. The molecule has 0 spiro atoms. The molecule has 0 aliphatic carbocycles. The number of aromatic nitrogens is 3. The fraction of sp³-hybridized carbons (Fsp3) is 0.727. The van der Waals surface area contributed by atoms with Crippen molar-refractivity contribution in [3.05, 3.63) is 11.6 Å². The maximum atomic E-state index is 12.0. The van der Waals surface area contributed by atoms with E-state index < -0.39 is 9.84 Å². The zero-order valence-corrected chi connectivity index (χ0v) is 11.9. The number of carbonyl (C=O) groups excluding carboxylic acids is 1. The van der Waals surface area contributed by atoms with Crippen molar-refractivity contribution in [1.29, 1.82) is 0 Å². The average molecular weight is 286 g/mol. The van der Waals surface area contributed by atoms with Gasteiger partial charge in [0, 0.05) is 13.5 Å². The number of nitrogens with zero attached hydrogens (tertiary/aromatic N) is 3. The molecule has 7 nitrogen and oxygen atoms in total. The van der Waals surface area contributed by atoms with E-state index >= 15 is 0 Å². The van der Waals surface area contributed by atoms with Gasteiger partial charge in [0.25, 0.3) is 0 Å². The summed E-state index contributed by atoms with van der Waals surface area (Å²) in [5.74, 6) is 1.49. The Bertz CT molecular complexity index is 566. The van der Waals surface area contributed by atoms with E-state index in [4.69, 9.17) is 0 Å². The summed E-state index contributed by atoms with van der Waals surface area (Å²) in [6, 6.07) is 0. The van der Waals surface area contributed by atoms with Crippen LogP contribution in [0.3, 0.4) is 0 Å². The molecule has 1 fully saturated rings. The molecule has 1 aromatic heterocycles. The van der Waals surface area contributed by atoms with Gasteiger partial charge in [-0.05, 0) is 19.3 Å². The highest BCUT2D eigenvalue weighted by atomic mass is 32.2. The van der Waals surface area contributed by atoms with E-state index in [1.165, 1.54) is 4.90 Å². The number of hydrogen-bond donors (Lipinski definition) is 1. The van der Waals surface area contributed by atoms with Crippen LogP contribution in [0.25, 0.3) is 0 Å². The third kappa shape index (κ3) is 3.76. The van der Waals surface area contributed by atoms with Crippen LogP contribution >= 0.6 is 0 Å². The summed E-state index contributed by atoms with van der Waals surface area (Å²) in [5, 5.41) is 6.69. The number of amides is 1. The van der Waals surface area contributed by atoms with Crippen molar-refractivity contribution in [1.82, 2.24) is 20.1 Å². The van der Waals surface area contributed by atoms with Crippen molar-refractivity contribution < 1.29 is 13.2 Å². The quantitative estimate of drug-likeness (QED) is 0.833. The summed E-state index contributed by atoms with van der Waals surface area (Å²) in [4.78, 5) is 17.7. The van der Waals surface area contributed by atoms with Crippen LogP contribution in [0.15, 0.2) is 0 Å². The minimum absolute atomic E-state index is 0.0474. The second-order valence-electron chi connectivity index (χ2n) is 5.06. The van der Waals surface area contributed by atoms with Crippen molar-refractivity contribution in [3.8, 4) is 0 Å². The zero-order chi connectivity index (χ0) is 14.0. The molecule has 1 aliphatic heterocycles. The number of nitrogens with one attached hydrogen (secondary N) is 1. The predicted octanol–water partition coefficient (Wildman–Crippen LogP) is -0.104. The Morgan fingerprint density at radius 2 is 2.26 bits per heavy atom. The maximum absolute atomic E-state index is 12.0. The first-order valence-electron chi connectivity index (χ1n) is 6.18. The van der Waals surface area contributed by atoms with Gasteiger partial charge in [0.05, 0.1) is 18.1 Å². The third-order valence-corrected chi connectivity index (χ3v) is 5.07. The largest absolute Gasteiger partial charge is 0.338 e. The molecule has 1 aliphatic rings. The summed E-state index contributed by atoms with van der Waals surface area (Å²) in [5.41, 5.74) is 0. The molecule has 19 heavy (non-hydrogen) atoms. The molecule has 1 saturated heterocycles. The molecular weight excluding hydrogens is 268 g/mol. The number of aromatic amines is 1. The number of sulfone groups is 1. The first-order chi connectivity index (χ1) is 8.85. The van der Waals surface area contributed by atoms with Crippen molar-refractivity contribution in [2.45, 2.75) is 26.3 Å².